The molecule has 0 aliphatic rings. The van der Waals surface area contributed by atoms with E-state index in [0.717, 1.165) is 12.0 Å². The number of carboxylic acids is 1. The van der Waals surface area contributed by atoms with Crippen LogP contribution in [-0.2, 0) is 17.6 Å². The highest BCUT2D eigenvalue weighted by molar-refractivity contribution is 6.30. The maximum atomic E-state index is 12.2. The Kier molecular flexibility index (Phi) is 6.81. The molecule has 0 aromatic heterocycles. The Morgan fingerprint density at radius 3 is 2.54 bits per heavy atom. The van der Waals surface area contributed by atoms with Crippen LogP contribution in [0.5, 0.6) is 0 Å². The van der Waals surface area contributed by atoms with E-state index in [9.17, 15) is 14.7 Å². The summed E-state index contributed by atoms with van der Waals surface area (Å²) in [4.78, 5) is 23.4. The molecule has 1 amide bonds. The molecule has 0 spiro atoms. The molecule has 2 aromatic rings. The molecule has 138 valence electrons. The Bertz CT molecular complexity index is 786. The molecule has 2 aromatic carbocycles. The third-order valence-corrected chi connectivity index (χ3v) is 4.44. The van der Waals surface area contributed by atoms with Crippen molar-refractivity contribution in [1.29, 1.82) is 0 Å². The first-order valence-electron chi connectivity index (χ1n) is 8.59. The number of aromatic carboxylic acids is 1. The topological polar surface area (TPSA) is 66.4 Å². The molecule has 0 aliphatic carbocycles. The Hall–Kier alpha value is -2.33. The van der Waals surface area contributed by atoms with Crippen molar-refractivity contribution in [3.8, 4) is 0 Å². The van der Waals surface area contributed by atoms with E-state index in [4.69, 9.17) is 11.6 Å². The molecule has 2 N–H and O–H groups in total. The van der Waals surface area contributed by atoms with Gasteiger partial charge in [0.25, 0.3) is 0 Å². The minimum atomic E-state index is -0.969. The molecule has 0 bridgehead atoms. The third kappa shape index (κ3) is 6.19. The lowest BCUT2D eigenvalue weighted by Gasteiger charge is -2.25. The van der Waals surface area contributed by atoms with Gasteiger partial charge in [0.2, 0.25) is 5.91 Å². The summed E-state index contributed by atoms with van der Waals surface area (Å²) in [6.07, 6.45) is 1.47. The monoisotopic (exact) mass is 373 g/mol. The van der Waals surface area contributed by atoms with Crippen LogP contribution >= 0.6 is 11.6 Å². The van der Waals surface area contributed by atoms with Gasteiger partial charge in [0.1, 0.15) is 0 Å². The number of hydrogen-bond donors (Lipinski definition) is 2. The van der Waals surface area contributed by atoms with Crippen molar-refractivity contribution >= 4 is 23.5 Å². The van der Waals surface area contributed by atoms with Crippen LogP contribution in [0, 0.1) is 5.41 Å². The first-order chi connectivity index (χ1) is 12.3. The number of rotatable bonds is 8. The molecule has 0 saturated heterocycles. The van der Waals surface area contributed by atoms with Gasteiger partial charge >= 0.3 is 5.97 Å². The van der Waals surface area contributed by atoms with Crippen molar-refractivity contribution in [2.45, 2.75) is 33.1 Å². The fraction of sp³-hybridized carbons (Fsp3) is 0.333. The smallest absolute Gasteiger partial charge is 0.335 e. The van der Waals surface area contributed by atoms with Crippen LogP contribution in [-0.4, -0.2) is 23.5 Å². The van der Waals surface area contributed by atoms with Crippen LogP contribution in [0.3, 0.4) is 0 Å². The summed E-state index contributed by atoms with van der Waals surface area (Å²) in [5, 5.41) is 12.9. The maximum absolute atomic E-state index is 12.2. The number of halogens is 1. The summed E-state index contributed by atoms with van der Waals surface area (Å²) in [6.45, 7) is 4.72. The van der Waals surface area contributed by atoms with Crippen molar-refractivity contribution in [2.24, 2.45) is 5.41 Å². The van der Waals surface area contributed by atoms with Gasteiger partial charge in [-0.1, -0.05) is 55.8 Å². The van der Waals surface area contributed by atoms with Crippen molar-refractivity contribution < 1.29 is 14.7 Å². The van der Waals surface area contributed by atoms with Gasteiger partial charge in [-0.25, -0.2) is 4.79 Å². The van der Waals surface area contributed by atoms with E-state index in [1.54, 1.807) is 24.3 Å². The molecular formula is C21H24ClNO3. The lowest BCUT2D eigenvalue weighted by atomic mass is 9.85. The van der Waals surface area contributed by atoms with Crippen molar-refractivity contribution in [1.82, 2.24) is 5.32 Å². The largest absolute Gasteiger partial charge is 0.478 e. The number of benzene rings is 2. The minimum absolute atomic E-state index is 0.0793. The second kappa shape index (κ2) is 8.86. The van der Waals surface area contributed by atoms with Crippen LogP contribution in [0.2, 0.25) is 5.02 Å². The number of nitrogens with one attached hydrogen (secondary N) is 1. The summed E-state index contributed by atoms with van der Waals surface area (Å²) in [6, 6.07) is 14.5. The Labute approximate surface area is 159 Å². The maximum Gasteiger partial charge on any atom is 0.335 e. The third-order valence-electron chi connectivity index (χ3n) is 4.20. The molecule has 2 rings (SSSR count). The summed E-state index contributed by atoms with van der Waals surface area (Å²) in [7, 11) is 0. The molecule has 0 saturated carbocycles. The van der Waals surface area contributed by atoms with Crippen LogP contribution < -0.4 is 5.32 Å². The molecule has 0 unspecified atom stereocenters. The first-order valence-corrected chi connectivity index (χ1v) is 8.97. The van der Waals surface area contributed by atoms with Gasteiger partial charge in [-0.15, -0.1) is 0 Å². The number of aryl methyl sites for hydroxylation is 1. The Balaban J connectivity index is 1.85. The number of amides is 1. The summed E-state index contributed by atoms with van der Waals surface area (Å²) >= 11 is 6.02. The van der Waals surface area contributed by atoms with E-state index in [1.165, 1.54) is 0 Å². The molecule has 0 fully saturated rings. The van der Waals surface area contributed by atoms with Crippen LogP contribution in [0.1, 0.15) is 41.8 Å². The van der Waals surface area contributed by atoms with Gasteiger partial charge in [-0.05, 0) is 47.6 Å². The van der Waals surface area contributed by atoms with E-state index in [2.05, 4.69) is 19.2 Å². The zero-order valence-corrected chi connectivity index (χ0v) is 15.8. The molecule has 5 heteroatoms. The molecule has 26 heavy (non-hydrogen) atoms. The molecule has 0 aliphatic heterocycles. The minimum Gasteiger partial charge on any atom is -0.478 e. The molecule has 0 heterocycles. The van der Waals surface area contributed by atoms with E-state index in [1.807, 2.05) is 24.3 Å². The van der Waals surface area contributed by atoms with Crippen molar-refractivity contribution in [2.75, 3.05) is 6.54 Å². The summed E-state index contributed by atoms with van der Waals surface area (Å²) in [5.41, 5.74) is 1.95. The second-order valence-corrected chi connectivity index (χ2v) is 7.65. The number of carbonyl (C=O) groups is 2. The summed E-state index contributed by atoms with van der Waals surface area (Å²) in [5.74, 6) is -1.05. The first kappa shape index (κ1) is 20.0. The highest BCUT2D eigenvalue weighted by Crippen LogP contribution is 2.23. The Morgan fingerprint density at radius 1 is 1.12 bits per heavy atom. The van der Waals surface area contributed by atoms with Crippen molar-refractivity contribution in [3.63, 3.8) is 0 Å². The van der Waals surface area contributed by atoms with Gasteiger partial charge in [0, 0.05) is 18.0 Å². The zero-order chi connectivity index (χ0) is 19.2. The normalized spacial score (nSPS) is 11.2. The van der Waals surface area contributed by atoms with Crippen LogP contribution in [0.25, 0.3) is 0 Å². The van der Waals surface area contributed by atoms with Crippen molar-refractivity contribution in [3.05, 3.63) is 70.2 Å². The average molecular weight is 374 g/mol. The summed E-state index contributed by atoms with van der Waals surface area (Å²) < 4.78 is 0. The van der Waals surface area contributed by atoms with Gasteiger partial charge in [0.15, 0.2) is 0 Å². The quantitative estimate of drug-likeness (QED) is 0.722. The van der Waals surface area contributed by atoms with E-state index in [-0.39, 0.29) is 23.3 Å². The highest BCUT2D eigenvalue weighted by atomic mass is 35.5. The fourth-order valence-corrected chi connectivity index (χ4v) is 3.10. The molecule has 4 nitrogen and oxygen atoms in total. The number of carboxylic acid groups (broad SMARTS) is 1. The SMILES string of the molecule is CC(C)(CNC(=O)CCc1ccccc1C(=O)O)Cc1cccc(Cl)c1. The van der Waals surface area contributed by atoms with Gasteiger partial charge < -0.3 is 10.4 Å². The van der Waals surface area contributed by atoms with Crippen LogP contribution in [0.15, 0.2) is 48.5 Å². The number of carbonyl (C=O) groups excluding carboxylic acids is 1. The molecule has 0 radical (unpaired) electrons. The average Bonchev–Trinajstić information content (AvgIpc) is 2.58. The number of hydrogen-bond acceptors (Lipinski definition) is 2. The molecule has 0 atom stereocenters. The predicted octanol–water partition coefficient (Wildman–Crippen LogP) is 4.36. The Morgan fingerprint density at radius 2 is 1.85 bits per heavy atom. The van der Waals surface area contributed by atoms with E-state index >= 15 is 0 Å². The second-order valence-electron chi connectivity index (χ2n) is 7.21. The fourth-order valence-electron chi connectivity index (χ4n) is 2.88. The van der Waals surface area contributed by atoms with E-state index in [0.29, 0.717) is 23.6 Å². The molecular weight excluding hydrogens is 350 g/mol. The standard InChI is InChI=1S/C21H24ClNO3/c1-21(2,13-15-6-5-8-17(22)12-15)14-23-19(24)11-10-16-7-3-4-9-18(16)20(25)26/h3-9,12H,10-11,13-14H2,1-2H3,(H,23,24)(H,25,26). The van der Waals surface area contributed by atoms with Gasteiger partial charge in [-0.3, -0.25) is 4.79 Å². The zero-order valence-electron chi connectivity index (χ0n) is 15.1. The van der Waals surface area contributed by atoms with Gasteiger partial charge in [0.05, 0.1) is 5.56 Å². The lowest BCUT2D eigenvalue weighted by molar-refractivity contribution is -0.121. The predicted molar refractivity (Wildman–Crippen MR) is 104 cm³/mol. The van der Waals surface area contributed by atoms with Gasteiger partial charge in [-0.2, -0.15) is 0 Å². The van der Waals surface area contributed by atoms with E-state index < -0.39 is 5.97 Å². The lowest BCUT2D eigenvalue weighted by Crippen LogP contribution is -2.35. The van der Waals surface area contributed by atoms with Crippen LogP contribution in [0.4, 0.5) is 0 Å². The highest BCUT2D eigenvalue weighted by Gasteiger charge is 2.20.